The van der Waals surface area contributed by atoms with Crippen LogP contribution in [0.25, 0.3) is 6.08 Å². The molecule has 0 spiro atoms. The largest absolute Gasteiger partial charge is 0.534 e. The van der Waals surface area contributed by atoms with Crippen molar-refractivity contribution in [1.82, 2.24) is 0 Å². The van der Waals surface area contributed by atoms with Gasteiger partial charge in [0.1, 0.15) is 5.76 Å². The fraction of sp³-hybridized carbons (Fsp3) is 0.167. The lowest BCUT2D eigenvalue weighted by Crippen LogP contribution is -2.24. The third-order valence-electron chi connectivity index (χ3n) is 1.94. The van der Waals surface area contributed by atoms with E-state index in [4.69, 9.17) is 0 Å². The minimum atomic E-state index is -5.59. The topological polar surface area (TPSA) is 43.4 Å². The number of allylic oxidation sites excluding steroid dienone is 3. The van der Waals surface area contributed by atoms with Gasteiger partial charge in [0.05, 0.1) is 0 Å². The maximum atomic E-state index is 12.0. The number of hydrogen-bond acceptors (Lipinski definition) is 3. The average molecular weight is 292 g/mol. The molecule has 0 atom stereocenters. The van der Waals surface area contributed by atoms with Crippen LogP contribution in [0.1, 0.15) is 12.5 Å². The Hall–Kier alpha value is -1.76. The zero-order chi connectivity index (χ0) is 14.5. The summed E-state index contributed by atoms with van der Waals surface area (Å²) in [6.07, 6.45) is 4.14. The Labute approximate surface area is 109 Å². The molecule has 1 rings (SSSR count). The van der Waals surface area contributed by atoms with Gasteiger partial charge in [0.2, 0.25) is 0 Å². The van der Waals surface area contributed by atoms with Crippen molar-refractivity contribution in [2.75, 3.05) is 0 Å². The van der Waals surface area contributed by atoms with Crippen LogP contribution >= 0.6 is 0 Å². The van der Waals surface area contributed by atoms with Gasteiger partial charge in [-0.25, -0.2) is 0 Å². The molecule has 0 heterocycles. The van der Waals surface area contributed by atoms with E-state index in [0.717, 1.165) is 18.6 Å². The zero-order valence-electron chi connectivity index (χ0n) is 9.89. The molecule has 0 amide bonds. The normalized spacial score (nSPS) is 13.8. The first-order valence-electron chi connectivity index (χ1n) is 5.13. The van der Waals surface area contributed by atoms with Gasteiger partial charge in [0.25, 0.3) is 0 Å². The molecule has 0 saturated heterocycles. The van der Waals surface area contributed by atoms with Crippen LogP contribution in [0.15, 0.2) is 48.2 Å². The molecule has 0 radical (unpaired) electrons. The third-order valence-corrected chi connectivity index (χ3v) is 2.99. The van der Waals surface area contributed by atoms with Crippen molar-refractivity contribution < 1.29 is 25.8 Å². The molecule has 7 heteroatoms. The number of rotatable bonds is 4. The predicted molar refractivity (Wildman–Crippen MR) is 65.3 cm³/mol. The fourth-order valence-electron chi connectivity index (χ4n) is 1.11. The van der Waals surface area contributed by atoms with Crippen molar-refractivity contribution in [1.29, 1.82) is 0 Å². The van der Waals surface area contributed by atoms with E-state index < -0.39 is 15.6 Å². The molecule has 0 aromatic heterocycles. The van der Waals surface area contributed by atoms with Crippen LogP contribution in [-0.2, 0) is 14.3 Å². The van der Waals surface area contributed by atoms with E-state index in [1.54, 1.807) is 30.3 Å². The molecule has 19 heavy (non-hydrogen) atoms. The van der Waals surface area contributed by atoms with Crippen molar-refractivity contribution in [3.8, 4) is 0 Å². The van der Waals surface area contributed by atoms with Gasteiger partial charge in [-0.1, -0.05) is 42.5 Å². The average Bonchev–Trinajstić information content (AvgIpc) is 2.28. The summed E-state index contributed by atoms with van der Waals surface area (Å²) in [5, 5.41) is 0. The van der Waals surface area contributed by atoms with Gasteiger partial charge in [0, 0.05) is 0 Å². The van der Waals surface area contributed by atoms with E-state index in [2.05, 4.69) is 4.18 Å². The van der Waals surface area contributed by atoms with Crippen LogP contribution in [0.5, 0.6) is 0 Å². The molecule has 0 aliphatic heterocycles. The van der Waals surface area contributed by atoms with Gasteiger partial charge >= 0.3 is 15.6 Å². The Morgan fingerprint density at radius 3 is 2.32 bits per heavy atom. The number of hydrogen-bond donors (Lipinski definition) is 0. The molecular formula is C12H11F3O3S. The van der Waals surface area contributed by atoms with Crippen LogP contribution in [0.3, 0.4) is 0 Å². The number of alkyl halides is 3. The second-order valence-corrected chi connectivity index (χ2v) is 5.07. The van der Waals surface area contributed by atoms with Crippen LogP contribution in [0.4, 0.5) is 13.2 Å². The second kappa shape index (κ2) is 5.92. The van der Waals surface area contributed by atoms with Crippen molar-refractivity contribution in [2.45, 2.75) is 12.4 Å². The van der Waals surface area contributed by atoms with E-state index >= 15 is 0 Å². The summed E-state index contributed by atoms with van der Waals surface area (Å²) >= 11 is 0. The number of halogens is 3. The van der Waals surface area contributed by atoms with E-state index in [9.17, 15) is 21.6 Å². The van der Waals surface area contributed by atoms with Crippen LogP contribution < -0.4 is 0 Å². The molecule has 0 aliphatic rings. The van der Waals surface area contributed by atoms with Gasteiger partial charge in [-0.15, -0.1) is 0 Å². The van der Waals surface area contributed by atoms with Crippen molar-refractivity contribution >= 4 is 16.2 Å². The van der Waals surface area contributed by atoms with Crippen LogP contribution in [-0.4, -0.2) is 13.9 Å². The summed E-state index contributed by atoms with van der Waals surface area (Å²) in [5.74, 6) is -0.371. The van der Waals surface area contributed by atoms with Crippen LogP contribution in [0.2, 0.25) is 0 Å². The molecule has 0 unspecified atom stereocenters. The first kappa shape index (κ1) is 15.3. The Morgan fingerprint density at radius 1 is 1.21 bits per heavy atom. The van der Waals surface area contributed by atoms with Crippen LogP contribution in [0, 0.1) is 0 Å². The lowest BCUT2D eigenvalue weighted by molar-refractivity contribution is -0.0521. The summed E-state index contributed by atoms with van der Waals surface area (Å²) in [6, 6.07) is 8.97. The molecule has 3 nitrogen and oxygen atoms in total. The molecule has 0 fully saturated rings. The van der Waals surface area contributed by atoms with E-state index in [1.165, 1.54) is 6.08 Å². The van der Waals surface area contributed by atoms with E-state index in [1.807, 2.05) is 6.07 Å². The highest BCUT2D eigenvalue weighted by atomic mass is 32.2. The quantitative estimate of drug-likeness (QED) is 0.369. The third kappa shape index (κ3) is 4.78. The summed E-state index contributed by atoms with van der Waals surface area (Å²) in [5.41, 5.74) is -4.60. The van der Waals surface area contributed by atoms with Gasteiger partial charge < -0.3 is 4.18 Å². The molecule has 0 bridgehead atoms. The lowest BCUT2D eigenvalue weighted by atomic mass is 10.2. The predicted octanol–water partition coefficient (Wildman–Crippen LogP) is 3.47. The van der Waals surface area contributed by atoms with E-state index in [0.29, 0.717) is 0 Å². The van der Waals surface area contributed by atoms with Crippen molar-refractivity contribution in [2.24, 2.45) is 0 Å². The SMILES string of the molecule is C/C(=C/C=C/c1ccccc1)OS(=O)(=O)C(F)(F)F. The highest BCUT2D eigenvalue weighted by molar-refractivity contribution is 7.87. The van der Waals surface area contributed by atoms with Gasteiger partial charge in [0.15, 0.2) is 0 Å². The number of benzene rings is 1. The maximum Gasteiger partial charge on any atom is 0.534 e. The summed E-state index contributed by atoms with van der Waals surface area (Å²) in [7, 11) is -5.59. The standard InChI is InChI=1S/C12H11F3O3S/c1-10(18-19(16,17)12(13,14)15)6-5-9-11-7-3-2-4-8-11/h2-9H,1H3/b9-5+,10-6-. The molecule has 1 aromatic rings. The summed E-state index contributed by atoms with van der Waals surface area (Å²) in [6.45, 7) is 1.12. The maximum absolute atomic E-state index is 12.0. The van der Waals surface area contributed by atoms with Crippen molar-refractivity contribution in [3.05, 3.63) is 53.8 Å². The van der Waals surface area contributed by atoms with Gasteiger partial charge in [-0.3, -0.25) is 0 Å². The Morgan fingerprint density at radius 2 is 1.79 bits per heavy atom. The first-order valence-corrected chi connectivity index (χ1v) is 6.54. The summed E-state index contributed by atoms with van der Waals surface area (Å²) in [4.78, 5) is 0. The fourth-order valence-corrected chi connectivity index (χ4v) is 1.60. The van der Waals surface area contributed by atoms with Gasteiger partial charge in [-0.05, 0) is 18.6 Å². The van der Waals surface area contributed by atoms with Crippen molar-refractivity contribution in [3.63, 3.8) is 0 Å². The Kier molecular flexibility index (Phi) is 4.77. The molecule has 1 aromatic carbocycles. The minimum Gasteiger partial charge on any atom is -0.381 e. The molecular weight excluding hydrogens is 281 g/mol. The molecule has 0 saturated carbocycles. The smallest absolute Gasteiger partial charge is 0.381 e. The molecule has 0 aliphatic carbocycles. The monoisotopic (exact) mass is 292 g/mol. The second-order valence-electron chi connectivity index (χ2n) is 3.53. The summed E-state index contributed by atoms with van der Waals surface area (Å²) < 4.78 is 61.3. The minimum absolute atomic E-state index is 0.371. The van der Waals surface area contributed by atoms with Gasteiger partial charge in [-0.2, -0.15) is 21.6 Å². The van der Waals surface area contributed by atoms with E-state index in [-0.39, 0.29) is 5.76 Å². The molecule has 104 valence electrons. The lowest BCUT2D eigenvalue weighted by Gasteiger charge is -2.08. The Balaban J connectivity index is 2.72. The first-order chi connectivity index (χ1) is 8.72. The highest BCUT2D eigenvalue weighted by Crippen LogP contribution is 2.26. The zero-order valence-corrected chi connectivity index (χ0v) is 10.7. The Bertz CT molecular complexity index is 572. The highest BCUT2D eigenvalue weighted by Gasteiger charge is 2.48. The molecule has 0 N–H and O–H groups in total.